The molecular formula is C21H26N2O3. The van der Waals surface area contributed by atoms with E-state index in [0.717, 1.165) is 25.9 Å². The summed E-state index contributed by atoms with van der Waals surface area (Å²) in [6.45, 7) is 6.57. The van der Waals surface area contributed by atoms with Gasteiger partial charge in [-0.1, -0.05) is 38.1 Å². The molecule has 5 nitrogen and oxygen atoms in total. The number of nitrogens with zero attached hydrogens (tertiary/aromatic N) is 1. The molecule has 4 fully saturated rings. The summed E-state index contributed by atoms with van der Waals surface area (Å²) in [4.78, 5) is 26.2. The predicted molar refractivity (Wildman–Crippen MR) is 96.8 cm³/mol. The second-order valence-electron chi connectivity index (χ2n) is 9.14. The van der Waals surface area contributed by atoms with Crippen LogP contribution < -0.4 is 5.32 Å². The maximum atomic E-state index is 12.9. The first kappa shape index (κ1) is 16.2. The van der Waals surface area contributed by atoms with Crippen LogP contribution in [0.15, 0.2) is 24.3 Å². The molecule has 5 heteroatoms. The third-order valence-corrected chi connectivity index (χ3v) is 7.08. The van der Waals surface area contributed by atoms with E-state index in [9.17, 15) is 9.59 Å². The SMILES string of the molecule is CC(C)c1ccc([C@]23C[C@H]2CN(C(=O)[C@H]2C[C@]4(COC(=O)N4)C2)C3)cc1. The third-order valence-electron chi connectivity index (χ3n) is 7.08. The van der Waals surface area contributed by atoms with Crippen molar-refractivity contribution >= 4 is 12.0 Å². The Balaban J connectivity index is 1.24. The van der Waals surface area contributed by atoms with Crippen LogP contribution >= 0.6 is 0 Å². The zero-order valence-corrected chi connectivity index (χ0v) is 15.5. The number of ether oxygens (including phenoxy) is 1. The number of benzene rings is 1. The van der Waals surface area contributed by atoms with E-state index in [0.29, 0.717) is 18.4 Å². The van der Waals surface area contributed by atoms with E-state index >= 15 is 0 Å². The van der Waals surface area contributed by atoms with Gasteiger partial charge in [0.1, 0.15) is 6.61 Å². The van der Waals surface area contributed by atoms with Crippen LogP contribution in [0.5, 0.6) is 0 Å². The first-order valence-corrected chi connectivity index (χ1v) is 9.75. The van der Waals surface area contributed by atoms with E-state index in [-0.39, 0.29) is 28.9 Å². The minimum atomic E-state index is -0.345. The fraction of sp³-hybridized carbons (Fsp3) is 0.619. The molecule has 0 bridgehead atoms. The summed E-state index contributed by atoms with van der Waals surface area (Å²) in [5.74, 6) is 1.46. The number of carbonyl (C=O) groups is 2. The first-order chi connectivity index (χ1) is 12.4. The average Bonchev–Trinajstić information content (AvgIpc) is 2.96. The van der Waals surface area contributed by atoms with Gasteiger partial charge >= 0.3 is 6.09 Å². The van der Waals surface area contributed by atoms with E-state index in [1.807, 2.05) is 0 Å². The smallest absolute Gasteiger partial charge is 0.407 e. The summed E-state index contributed by atoms with van der Waals surface area (Å²) < 4.78 is 5.01. The summed E-state index contributed by atoms with van der Waals surface area (Å²) in [7, 11) is 0. The van der Waals surface area contributed by atoms with Crippen LogP contribution in [0.1, 0.15) is 50.2 Å². The molecule has 2 saturated carbocycles. The molecule has 0 aromatic heterocycles. The van der Waals surface area contributed by atoms with Gasteiger partial charge in [-0.3, -0.25) is 4.79 Å². The molecule has 1 aromatic rings. The van der Waals surface area contributed by atoms with E-state index in [2.05, 4.69) is 48.3 Å². The monoisotopic (exact) mass is 354 g/mol. The molecule has 2 aliphatic heterocycles. The normalized spacial score (nSPS) is 37.3. The van der Waals surface area contributed by atoms with E-state index < -0.39 is 0 Å². The lowest BCUT2D eigenvalue weighted by atomic mass is 9.68. The van der Waals surface area contributed by atoms with Crippen molar-refractivity contribution in [2.75, 3.05) is 19.7 Å². The number of hydrogen-bond donors (Lipinski definition) is 1. The fourth-order valence-corrected chi connectivity index (χ4v) is 5.33. The first-order valence-electron chi connectivity index (χ1n) is 9.75. The van der Waals surface area contributed by atoms with Crippen LogP contribution in [0, 0.1) is 11.8 Å². The second-order valence-corrected chi connectivity index (χ2v) is 9.14. The third kappa shape index (κ3) is 2.29. The van der Waals surface area contributed by atoms with Crippen LogP contribution in [0.25, 0.3) is 0 Å². The molecule has 2 amide bonds. The summed E-state index contributed by atoms with van der Waals surface area (Å²) >= 11 is 0. The molecule has 4 aliphatic rings. The van der Waals surface area contributed by atoms with Crippen LogP contribution in [0.4, 0.5) is 4.79 Å². The zero-order chi connectivity index (χ0) is 18.1. The molecule has 138 valence electrons. The van der Waals surface area contributed by atoms with Crippen molar-refractivity contribution in [2.24, 2.45) is 11.8 Å². The predicted octanol–water partition coefficient (Wildman–Crippen LogP) is 2.80. The molecule has 1 aromatic carbocycles. The highest BCUT2D eigenvalue weighted by molar-refractivity contribution is 5.82. The number of amides is 2. The molecule has 0 unspecified atom stereocenters. The van der Waals surface area contributed by atoms with Gasteiger partial charge in [-0.05, 0) is 42.2 Å². The number of cyclic esters (lactones) is 1. The van der Waals surface area contributed by atoms with Crippen molar-refractivity contribution in [2.45, 2.75) is 50.0 Å². The zero-order valence-electron chi connectivity index (χ0n) is 15.5. The van der Waals surface area contributed by atoms with Crippen molar-refractivity contribution in [3.05, 3.63) is 35.4 Å². The lowest BCUT2D eigenvalue weighted by Gasteiger charge is -2.43. The number of carbonyl (C=O) groups excluding carboxylic acids is 2. The van der Waals surface area contributed by atoms with Gasteiger partial charge in [-0.15, -0.1) is 0 Å². The maximum absolute atomic E-state index is 12.9. The van der Waals surface area contributed by atoms with Crippen molar-refractivity contribution in [1.82, 2.24) is 10.2 Å². The highest BCUT2D eigenvalue weighted by atomic mass is 16.6. The number of fused-ring (bicyclic) bond motifs is 1. The van der Waals surface area contributed by atoms with Gasteiger partial charge in [0.2, 0.25) is 5.91 Å². The van der Waals surface area contributed by atoms with Gasteiger partial charge in [-0.2, -0.15) is 0 Å². The van der Waals surface area contributed by atoms with Crippen molar-refractivity contribution in [3.8, 4) is 0 Å². The molecular weight excluding hydrogens is 328 g/mol. The molecule has 1 spiro atoms. The minimum absolute atomic E-state index is 0.0369. The highest BCUT2D eigenvalue weighted by Crippen LogP contribution is 2.59. The van der Waals surface area contributed by atoms with E-state index in [1.165, 1.54) is 17.5 Å². The second kappa shape index (κ2) is 5.24. The number of alkyl carbamates (subject to hydrolysis) is 1. The molecule has 5 rings (SSSR count). The Hall–Kier alpha value is -2.04. The largest absolute Gasteiger partial charge is 0.447 e. The number of rotatable bonds is 3. The number of likely N-dealkylation sites (tertiary alicyclic amines) is 1. The van der Waals surface area contributed by atoms with E-state index in [4.69, 9.17) is 4.74 Å². The summed E-state index contributed by atoms with van der Waals surface area (Å²) in [6.07, 6.45) is 2.29. The standard InChI is InChI=1S/C21H26N2O3/c1-13(2)14-3-5-16(6-4-14)21-9-17(21)10-23(11-21)18(24)15-7-20(8-15)12-26-19(25)22-20/h3-6,13,15,17H,7-12H2,1-2H3,(H,22,25)/t15-,17-,20+,21+/m0/s1. The highest BCUT2D eigenvalue weighted by Gasteiger charge is 2.63. The summed E-state index contributed by atoms with van der Waals surface area (Å²) in [5, 5.41) is 2.88. The van der Waals surface area contributed by atoms with Crippen LogP contribution in [0.3, 0.4) is 0 Å². The average molecular weight is 354 g/mol. The van der Waals surface area contributed by atoms with Gasteiger partial charge in [-0.25, -0.2) is 4.79 Å². The number of piperidine rings is 1. The van der Waals surface area contributed by atoms with Gasteiger partial charge in [0.25, 0.3) is 0 Å². The molecule has 26 heavy (non-hydrogen) atoms. The lowest BCUT2D eigenvalue weighted by Crippen LogP contribution is -2.58. The van der Waals surface area contributed by atoms with Gasteiger partial charge in [0.05, 0.1) is 5.54 Å². The molecule has 2 atom stereocenters. The molecule has 1 N–H and O–H groups in total. The maximum Gasteiger partial charge on any atom is 0.407 e. The van der Waals surface area contributed by atoms with Gasteiger partial charge in [0.15, 0.2) is 0 Å². The van der Waals surface area contributed by atoms with Gasteiger partial charge < -0.3 is 15.0 Å². The van der Waals surface area contributed by atoms with Crippen molar-refractivity contribution in [1.29, 1.82) is 0 Å². The topological polar surface area (TPSA) is 58.6 Å². The molecule has 2 saturated heterocycles. The van der Waals surface area contributed by atoms with Crippen molar-refractivity contribution < 1.29 is 14.3 Å². The Labute approximate surface area is 154 Å². The quantitative estimate of drug-likeness (QED) is 0.908. The molecule has 0 radical (unpaired) electrons. The Kier molecular flexibility index (Phi) is 3.26. The minimum Gasteiger partial charge on any atom is -0.447 e. The molecule has 2 heterocycles. The Morgan fingerprint density at radius 1 is 1.23 bits per heavy atom. The lowest BCUT2D eigenvalue weighted by molar-refractivity contribution is -0.140. The Morgan fingerprint density at radius 3 is 2.58 bits per heavy atom. The summed E-state index contributed by atoms with van der Waals surface area (Å²) in [5.41, 5.74) is 2.68. The van der Waals surface area contributed by atoms with Crippen LogP contribution in [-0.4, -0.2) is 42.1 Å². The van der Waals surface area contributed by atoms with E-state index in [1.54, 1.807) is 0 Å². The van der Waals surface area contributed by atoms with Crippen LogP contribution in [0.2, 0.25) is 0 Å². The summed E-state index contributed by atoms with van der Waals surface area (Å²) in [6, 6.07) is 9.03. The number of hydrogen-bond acceptors (Lipinski definition) is 3. The Bertz CT molecular complexity index is 766. The van der Waals surface area contributed by atoms with Gasteiger partial charge in [0, 0.05) is 24.4 Å². The molecule has 2 aliphatic carbocycles. The van der Waals surface area contributed by atoms with Crippen LogP contribution in [-0.2, 0) is 14.9 Å². The fourth-order valence-electron chi connectivity index (χ4n) is 5.33. The number of nitrogens with one attached hydrogen (secondary N) is 1. The van der Waals surface area contributed by atoms with Crippen molar-refractivity contribution in [3.63, 3.8) is 0 Å². The Morgan fingerprint density at radius 2 is 1.96 bits per heavy atom.